The van der Waals surface area contributed by atoms with Crippen molar-refractivity contribution in [3.05, 3.63) is 35.9 Å². The number of piperidine rings is 1. The highest BCUT2D eigenvalue weighted by molar-refractivity contribution is 5.74. The third-order valence-corrected chi connectivity index (χ3v) is 6.04. The fourth-order valence-electron chi connectivity index (χ4n) is 4.40. The third-order valence-electron chi connectivity index (χ3n) is 6.04. The molecule has 1 atom stereocenters. The number of hydrogen-bond acceptors (Lipinski definition) is 3. The lowest BCUT2D eigenvalue weighted by Gasteiger charge is -2.48. The van der Waals surface area contributed by atoms with Gasteiger partial charge in [0, 0.05) is 32.3 Å². The molecule has 2 aliphatic heterocycles. The zero-order chi connectivity index (χ0) is 18.4. The van der Waals surface area contributed by atoms with Gasteiger partial charge in [-0.05, 0) is 44.3 Å². The number of hydrogen-bond donors (Lipinski definition) is 1. The molecule has 3 rings (SSSR count). The molecule has 2 aliphatic rings. The fourth-order valence-corrected chi connectivity index (χ4v) is 4.40. The van der Waals surface area contributed by atoms with Crippen LogP contribution < -0.4 is 5.32 Å². The molecular weight excluding hydrogens is 326 g/mol. The van der Waals surface area contributed by atoms with Gasteiger partial charge in [-0.2, -0.15) is 0 Å². The van der Waals surface area contributed by atoms with Crippen LogP contribution in [-0.2, 0) is 11.3 Å². The number of likely N-dealkylation sites (tertiary alicyclic amines) is 1. The minimum Gasteiger partial charge on any atom is -0.375 e. The average molecular weight is 360 g/mol. The van der Waals surface area contributed by atoms with E-state index in [-0.39, 0.29) is 11.6 Å². The molecule has 2 fully saturated rings. The van der Waals surface area contributed by atoms with Crippen LogP contribution in [0.4, 0.5) is 4.79 Å². The van der Waals surface area contributed by atoms with E-state index in [9.17, 15) is 4.79 Å². The van der Waals surface area contributed by atoms with E-state index in [2.05, 4.69) is 24.1 Å². The Morgan fingerprint density at radius 1 is 1.23 bits per heavy atom. The van der Waals surface area contributed by atoms with Crippen LogP contribution in [0.15, 0.2) is 30.3 Å². The van der Waals surface area contributed by atoms with E-state index < -0.39 is 0 Å². The van der Waals surface area contributed by atoms with Crippen LogP contribution in [0.1, 0.15) is 45.1 Å². The second-order valence-electron chi connectivity index (χ2n) is 7.53. The molecule has 1 aromatic rings. The van der Waals surface area contributed by atoms with Gasteiger partial charge in [0.25, 0.3) is 0 Å². The summed E-state index contributed by atoms with van der Waals surface area (Å²) in [6.07, 6.45) is 4.13. The zero-order valence-electron chi connectivity index (χ0n) is 16.2. The molecule has 1 N–H and O–H groups in total. The number of nitrogens with one attached hydrogen (secondary N) is 1. The number of carbonyl (C=O) groups is 1. The Bertz CT molecular complexity index is 566. The normalized spacial score (nSPS) is 22.6. The summed E-state index contributed by atoms with van der Waals surface area (Å²) in [5.41, 5.74) is 1.11. The lowest BCUT2D eigenvalue weighted by molar-refractivity contribution is -0.128. The van der Waals surface area contributed by atoms with Gasteiger partial charge in [-0.3, -0.25) is 0 Å². The molecule has 5 nitrogen and oxygen atoms in total. The highest BCUT2D eigenvalue weighted by Crippen LogP contribution is 2.36. The molecule has 2 heterocycles. The summed E-state index contributed by atoms with van der Waals surface area (Å²) in [5, 5.41) is 3.04. The third kappa shape index (κ3) is 4.57. The van der Waals surface area contributed by atoms with Crippen molar-refractivity contribution in [2.45, 2.75) is 57.7 Å². The SMILES string of the molecule is CCN(CC)C1CCOC2(CCN(C(=O)NCc3ccccc3)CC2)C1. The Labute approximate surface area is 157 Å². The summed E-state index contributed by atoms with van der Waals surface area (Å²) in [4.78, 5) is 17.0. The van der Waals surface area contributed by atoms with Crippen molar-refractivity contribution in [2.24, 2.45) is 0 Å². The lowest BCUT2D eigenvalue weighted by Crippen LogP contribution is -2.55. The molecule has 1 aromatic carbocycles. The molecule has 2 saturated heterocycles. The number of benzene rings is 1. The number of amides is 2. The van der Waals surface area contributed by atoms with E-state index in [1.165, 1.54) is 0 Å². The van der Waals surface area contributed by atoms with Gasteiger partial charge in [0.05, 0.1) is 5.60 Å². The molecule has 0 bridgehead atoms. The van der Waals surface area contributed by atoms with E-state index in [1.807, 2.05) is 35.2 Å². The Morgan fingerprint density at radius 3 is 2.58 bits per heavy atom. The predicted octanol–water partition coefficient (Wildman–Crippen LogP) is 3.25. The molecule has 144 valence electrons. The minimum atomic E-state index is -0.0261. The average Bonchev–Trinajstić information content (AvgIpc) is 2.69. The smallest absolute Gasteiger partial charge is 0.317 e. The quantitative estimate of drug-likeness (QED) is 0.878. The van der Waals surface area contributed by atoms with Gasteiger partial charge in [-0.25, -0.2) is 4.79 Å². The van der Waals surface area contributed by atoms with Crippen molar-refractivity contribution < 1.29 is 9.53 Å². The van der Waals surface area contributed by atoms with Gasteiger partial charge < -0.3 is 19.9 Å². The van der Waals surface area contributed by atoms with Crippen LogP contribution in [0.25, 0.3) is 0 Å². The first kappa shape index (κ1) is 19.2. The maximum absolute atomic E-state index is 12.5. The van der Waals surface area contributed by atoms with Crippen LogP contribution in [0.5, 0.6) is 0 Å². The van der Waals surface area contributed by atoms with Crippen LogP contribution >= 0.6 is 0 Å². The number of rotatable bonds is 5. The fraction of sp³-hybridized carbons (Fsp3) is 0.667. The molecule has 2 amide bonds. The van der Waals surface area contributed by atoms with Crippen molar-refractivity contribution in [3.63, 3.8) is 0 Å². The summed E-state index contributed by atoms with van der Waals surface area (Å²) < 4.78 is 6.25. The summed E-state index contributed by atoms with van der Waals surface area (Å²) in [5.74, 6) is 0. The number of urea groups is 1. The molecular formula is C21H33N3O2. The first-order valence-electron chi connectivity index (χ1n) is 10.1. The monoisotopic (exact) mass is 359 g/mol. The first-order valence-corrected chi connectivity index (χ1v) is 10.1. The van der Waals surface area contributed by atoms with Crippen LogP contribution in [0.2, 0.25) is 0 Å². The molecule has 0 saturated carbocycles. The van der Waals surface area contributed by atoms with Crippen molar-refractivity contribution in [1.29, 1.82) is 0 Å². The Kier molecular flexibility index (Phi) is 6.54. The lowest BCUT2D eigenvalue weighted by atomic mass is 9.82. The molecule has 0 aliphatic carbocycles. The summed E-state index contributed by atoms with van der Waals surface area (Å²) >= 11 is 0. The van der Waals surface area contributed by atoms with Gasteiger partial charge in [0.2, 0.25) is 0 Å². The topological polar surface area (TPSA) is 44.8 Å². The van der Waals surface area contributed by atoms with Crippen LogP contribution in [-0.4, -0.2) is 60.3 Å². The maximum Gasteiger partial charge on any atom is 0.317 e. The van der Waals surface area contributed by atoms with Gasteiger partial charge in [0.15, 0.2) is 0 Å². The number of carbonyl (C=O) groups excluding carboxylic acids is 1. The van der Waals surface area contributed by atoms with Crippen LogP contribution in [0.3, 0.4) is 0 Å². The van der Waals surface area contributed by atoms with E-state index in [4.69, 9.17) is 4.74 Å². The zero-order valence-corrected chi connectivity index (χ0v) is 16.2. The minimum absolute atomic E-state index is 0.0261. The summed E-state index contributed by atoms with van der Waals surface area (Å²) in [6, 6.07) is 10.7. The van der Waals surface area contributed by atoms with Gasteiger partial charge in [-0.15, -0.1) is 0 Å². The summed E-state index contributed by atoms with van der Waals surface area (Å²) in [7, 11) is 0. The maximum atomic E-state index is 12.5. The largest absolute Gasteiger partial charge is 0.375 e. The first-order chi connectivity index (χ1) is 12.7. The van der Waals surface area contributed by atoms with Crippen LogP contribution in [0, 0.1) is 0 Å². The van der Waals surface area contributed by atoms with E-state index in [1.54, 1.807) is 0 Å². The van der Waals surface area contributed by atoms with E-state index >= 15 is 0 Å². The highest BCUT2D eigenvalue weighted by atomic mass is 16.5. The van der Waals surface area contributed by atoms with E-state index in [0.717, 1.165) is 64.0 Å². The Hall–Kier alpha value is -1.59. The summed E-state index contributed by atoms with van der Waals surface area (Å²) in [6.45, 7) is 9.69. The Balaban J connectivity index is 1.49. The van der Waals surface area contributed by atoms with Crippen molar-refractivity contribution in [2.75, 3.05) is 32.8 Å². The molecule has 1 spiro atoms. The molecule has 1 unspecified atom stereocenters. The van der Waals surface area contributed by atoms with Gasteiger partial charge in [-0.1, -0.05) is 44.2 Å². The van der Waals surface area contributed by atoms with Crippen molar-refractivity contribution >= 4 is 6.03 Å². The molecule has 26 heavy (non-hydrogen) atoms. The van der Waals surface area contributed by atoms with Crippen molar-refractivity contribution in [1.82, 2.24) is 15.1 Å². The standard InChI is InChI=1S/C21H33N3O2/c1-3-23(4-2)19-10-15-26-21(16-19)11-13-24(14-12-21)20(25)22-17-18-8-6-5-7-9-18/h5-9,19H,3-4,10-17H2,1-2H3,(H,22,25). The highest BCUT2D eigenvalue weighted by Gasteiger charge is 2.42. The number of ether oxygens (including phenoxy) is 1. The molecule has 5 heteroatoms. The van der Waals surface area contributed by atoms with Crippen molar-refractivity contribution in [3.8, 4) is 0 Å². The Morgan fingerprint density at radius 2 is 1.92 bits per heavy atom. The van der Waals surface area contributed by atoms with Gasteiger partial charge >= 0.3 is 6.03 Å². The predicted molar refractivity (Wildman–Crippen MR) is 104 cm³/mol. The second kappa shape index (κ2) is 8.87. The van der Waals surface area contributed by atoms with E-state index in [0.29, 0.717) is 12.6 Å². The molecule has 0 radical (unpaired) electrons. The second-order valence-corrected chi connectivity index (χ2v) is 7.53. The van der Waals surface area contributed by atoms with Gasteiger partial charge in [0.1, 0.15) is 0 Å². The molecule has 0 aromatic heterocycles. The number of nitrogens with zero attached hydrogens (tertiary/aromatic N) is 2.